The van der Waals surface area contributed by atoms with Gasteiger partial charge >= 0.3 is 0 Å². The van der Waals surface area contributed by atoms with Gasteiger partial charge in [-0.2, -0.15) is 5.26 Å². The van der Waals surface area contributed by atoms with E-state index in [0.29, 0.717) is 43.6 Å². The van der Waals surface area contributed by atoms with Crippen molar-refractivity contribution in [2.75, 3.05) is 26.9 Å². The Morgan fingerprint density at radius 1 is 0.970 bits per heavy atom. The van der Waals surface area contributed by atoms with Crippen LogP contribution in [0.1, 0.15) is 28.7 Å². The summed E-state index contributed by atoms with van der Waals surface area (Å²) in [4.78, 5) is 0. The van der Waals surface area contributed by atoms with Gasteiger partial charge in [0.05, 0.1) is 25.4 Å². The number of aryl methyl sites for hydroxylation is 3. The number of halogens is 2. The molecule has 1 aliphatic heterocycles. The Bertz CT molecular complexity index is 1150. The van der Waals surface area contributed by atoms with Gasteiger partial charge in [0.1, 0.15) is 17.7 Å². The number of nitriles is 1. The van der Waals surface area contributed by atoms with E-state index < -0.39 is 5.82 Å². The van der Waals surface area contributed by atoms with E-state index in [-0.39, 0.29) is 23.6 Å². The summed E-state index contributed by atoms with van der Waals surface area (Å²) in [5.74, 6) is -0.503. The number of hydrogen-bond acceptors (Lipinski definition) is 4. The van der Waals surface area contributed by atoms with E-state index in [2.05, 4.69) is 0 Å². The topological polar surface area (TPSA) is 51.5 Å². The van der Waals surface area contributed by atoms with Gasteiger partial charge in [-0.15, -0.1) is 0 Å². The van der Waals surface area contributed by atoms with E-state index in [9.17, 15) is 4.39 Å². The molecule has 0 N–H and O–H groups in total. The molecule has 1 fully saturated rings. The summed E-state index contributed by atoms with van der Waals surface area (Å²) in [6.07, 6.45) is 2.25. The van der Waals surface area contributed by atoms with Crippen molar-refractivity contribution in [2.24, 2.45) is 5.92 Å². The monoisotopic (exact) mass is 451 g/mol. The Labute approximate surface area is 192 Å². The molecule has 0 aromatic heterocycles. The molecule has 3 aromatic carbocycles. The zero-order valence-corrected chi connectivity index (χ0v) is 18.7. The number of nitrogens with zero attached hydrogens (tertiary/aromatic N) is 1. The van der Waals surface area contributed by atoms with Gasteiger partial charge in [-0.05, 0) is 53.5 Å². The maximum atomic E-state index is 15.1. The highest BCUT2D eigenvalue weighted by Crippen LogP contribution is 2.25. The molecule has 0 aliphatic carbocycles. The van der Waals surface area contributed by atoms with Crippen LogP contribution < -0.4 is 0 Å². The molecule has 0 radical (unpaired) electrons. The first kappa shape index (κ1) is 23.3. The maximum absolute atomic E-state index is 15.1. The molecule has 3 aromatic rings. The van der Waals surface area contributed by atoms with Crippen molar-refractivity contribution in [1.29, 1.82) is 5.26 Å². The second kappa shape index (κ2) is 10.8. The minimum absolute atomic E-state index is 0.0170. The minimum Gasteiger partial charge on any atom is -0.384 e. The number of hydrogen-bond donors (Lipinski definition) is 0. The number of fused-ring (bicyclic) bond motifs is 1. The molecular formula is C27H27F2NO3. The molecule has 1 aliphatic rings. The second-order valence-corrected chi connectivity index (χ2v) is 8.48. The number of methoxy groups -OCH3 is 1. The Balaban J connectivity index is 1.37. The molecule has 0 amide bonds. The lowest BCUT2D eigenvalue weighted by atomic mass is 9.97. The molecule has 6 heteroatoms. The minimum atomic E-state index is -0.541. The van der Waals surface area contributed by atoms with Crippen LogP contribution >= 0.6 is 0 Å². The Kier molecular flexibility index (Phi) is 7.66. The van der Waals surface area contributed by atoms with Gasteiger partial charge < -0.3 is 14.2 Å². The first-order valence-corrected chi connectivity index (χ1v) is 11.2. The maximum Gasteiger partial charge on any atom is 0.157 e. The first-order chi connectivity index (χ1) is 16.1. The van der Waals surface area contributed by atoms with Crippen molar-refractivity contribution in [3.8, 4) is 6.07 Å². The van der Waals surface area contributed by atoms with Crippen molar-refractivity contribution in [3.05, 3.63) is 82.4 Å². The lowest BCUT2D eigenvalue weighted by Gasteiger charge is -2.29. The zero-order chi connectivity index (χ0) is 23.2. The van der Waals surface area contributed by atoms with Gasteiger partial charge in [-0.1, -0.05) is 36.4 Å². The van der Waals surface area contributed by atoms with E-state index in [1.165, 1.54) is 12.1 Å². The van der Waals surface area contributed by atoms with Gasteiger partial charge in [0.25, 0.3) is 0 Å². The molecule has 4 nitrogen and oxygen atoms in total. The van der Waals surface area contributed by atoms with Crippen molar-refractivity contribution >= 4 is 10.8 Å². The smallest absolute Gasteiger partial charge is 0.157 e. The molecule has 0 bridgehead atoms. The van der Waals surface area contributed by atoms with Crippen LogP contribution in [0.5, 0.6) is 0 Å². The van der Waals surface area contributed by atoms with Crippen LogP contribution in [-0.2, 0) is 33.5 Å². The van der Waals surface area contributed by atoms with E-state index in [0.717, 1.165) is 29.4 Å². The molecule has 0 saturated carbocycles. The summed E-state index contributed by atoms with van der Waals surface area (Å²) in [7, 11) is 1.67. The van der Waals surface area contributed by atoms with Crippen LogP contribution in [0, 0.1) is 28.9 Å². The van der Waals surface area contributed by atoms with Crippen molar-refractivity contribution in [1.82, 2.24) is 0 Å². The van der Waals surface area contributed by atoms with Crippen LogP contribution in [-0.4, -0.2) is 33.2 Å². The average molecular weight is 452 g/mol. The van der Waals surface area contributed by atoms with Gasteiger partial charge in [0.2, 0.25) is 0 Å². The van der Waals surface area contributed by atoms with Gasteiger partial charge in [0.15, 0.2) is 6.29 Å². The SMILES string of the molecule is COCC1COC(CCc2ccc3c(F)c(CCc4ccc(C#N)c(F)c4)ccc3c2)OC1. The van der Waals surface area contributed by atoms with E-state index in [1.807, 2.05) is 30.3 Å². The van der Waals surface area contributed by atoms with Crippen LogP contribution in [0.25, 0.3) is 10.8 Å². The predicted octanol–water partition coefficient (Wildman–Crippen LogP) is 5.34. The number of ether oxygens (including phenoxy) is 3. The summed E-state index contributed by atoms with van der Waals surface area (Å²) in [5, 5.41) is 10.3. The fraction of sp³-hybridized carbons (Fsp3) is 0.370. The molecule has 172 valence electrons. The zero-order valence-electron chi connectivity index (χ0n) is 18.7. The Morgan fingerprint density at radius 3 is 2.45 bits per heavy atom. The average Bonchev–Trinajstić information content (AvgIpc) is 2.83. The highest BCUT2D eigenvalue weighted by Gasteiger charge is 2.22. The fourth-order valence-electron chi connectivity index (χ4n) is 4.19. The summed E-state index contributed by atoms with van der Waals surface area (Å²) in [6, 6.07) is 15.8. The van der Waals surface area contributed by atoms with Crippen LogP contribution in [0.3, 0.4) is 0 Å². The normalized spacial score (nSPS) is 18.4. The van der Waals surface area contributed by atoms with Crippen LogP contribution in [0.2, 0.25) is 0 Å². The van der Waals surface area contributed by atoms with Crippen molar-refractivity contribution < 1.29 is 23.0 Å². The molecule has 0 spiro atoms. The molecule has 4 rings (SSSR count). The third-order valence-corrected chi connectivity index (χ3v) is 6.04. The summed E-state index contributed by atoms with van der Waals surface area (Å²) in [5.41, 5.74) is 2.45. The van der Waals surface area contributed by atoms with Gasteiger partial charge in [-0.3, -0.25) is 0 Å². The van der Waals surface area contributed by atoms with Crippen molar-refractivity contribution in [2.45, 2.75) is 32.0 Å². The quantitative estimate of drug-likeness (QED) is 0.464. The number of rotatable bonds is 8. The number of benzene rings is 3. The van der Waals surface area contributed by atoms with Gasteiger partial charge in [-0.25, -0.2) is 8.78 Å². The summed E-state index contributed by atoms with van der Waals surface area (Å²) in [6.45, 7) is 1.91. The molecule has 1 heterocycles. The first-order valence-electron chi connectivity index (χ1n) is 11.2. The molecule has 0 atom stereocenters. The third-order valence-electron chi connectivity index (χ3n) is 6.04. The highest BCUT2D eigenvalue weighted by molar-refractivity contribution is 5.84. The largest absolute Gasteiger partial charge is 0.384 e. The highest BCUT2D eigenvalue weighted by atomic mass is 19.1. The third kappa shape index (κ3) is 5.75. The molecule has 33 heavy (non-hydrogen) atoms. The molecule has 0 unspecified atom stereocenters. The lowest BCUT2D eigenvalue weighted by Crippen LogP contribution is -2.34. The fourth-order valence-corrected chi connectivity index (χ4v) is 4.19. The van der Waals surface area contributed by atoms with E-state index >= 15 is 4.39 Å². The predicted molar refractivity (Wildman–Crippen MR) is 122 cm³/mol. The van der Waals surface area contributed by atoms with Gasteiger partial charge in [0, 0.05) is 24.8 Å². The molecule has 1 saturated heterocycles. The van der Waals surface area contributed by atoms with Crippen LogP contribution in [0.4, 0.5) is 8.78 Å². The lowest BCUT2D eigenvalue weighted by molar-refractivity contribution is -0.208. The van der Waals surface area contributed by atoms with E-state index in [4.69, 9.17) is 19.5 Å². The Morgan fingerprint density at radius 2 is 1.73 bits per heavy atom. The summed E-state index contributed by atoms with van der Waals surface area (Å²) < 4.78 is 45.6. The summed E-state index contributed by atoms with van der Waals surface area (Å²) >= 11 is 0. The second-order valence-electron chi connectivity index (χ2n) is 8.48. The van der Waals surface area contributed by atoms with E-state index in [1.54, 1.807) is 19.2 Å². The molecular weight excluding hydrogens is 424 g/mol. The Hall–Kier alpha value is -2.85. The standard InChI is InChI=1S/C27H27F2NO3/c1-31-15-20-16-32-26(33-17-20)11-5-18-4-10-24-22(12-18)9-8-21(27(24)29)6-2-19-3-7-23(14-30)25(28)13-19/h3-4,7-10,12-13,20,26H,2,5-6,11,15-17H2,1H3. The van der Waals surface area contributed by atoms with Crippen LogP contribution in [0.15, 0.2) is 48.5 Å². The van der Waals surface area contributed by atoms with Crippen molar-refractivity contribution in [3.63, 3.8) is 0 Å².